The van der Waals surface area contributed by atoms with E-state index >= 15 is 0 Å². The van der Waals surface area contributed by atoms with Crippen LogP contribution in [0.5, 0.6) is 0 Å². The van der Waals surface area contributed by atoms with Crippen LogP contribution < -0.4 is 10.0 Å². The number of anilines is 1. The van der Waals surface area contributed by atoms with Crippen LogP contribution in [0.4, 0.5) is 5.69 Å². The standard InChI is InChI=1S/C14H20N2O3S/c1-9-8-12(6-7-13(9)16-20(3,18)19)10(2)15-14(17)11-4-5-11/h6-8,10-11,16H,4-5H2,1-3H3,(H,15,17)/t10-/m1/s1. The van der Waals surface area contributed by atoms with Gasteiger partial charge in [-0.3, -0.25) is 9.52 Å². The van der Waals surface area contributed by atoms with Gasteiger partial charge in [0.15, 0.2) is 0 Å². The first-order valence-corrected chi connectivity index (χ1v) is 8.54. The van der Waals surface area contributed by atoms with Gasteiger partial charge in [0.1, 0.15) is 0 Å². The van der Waals surface area contributed by atoms with Crippen molar-refractivity contribution in [3.05, 3.63) is 29.3 Å². The van der Waals surface area contributed by atoms with E-state index in [1.165, 1.54) is 0 Å². The predicted octanol–water partition coefficient (Wildman–Crippen LogP) is 1.95. The Morgan fingerprint density at radius 2 is 2.00 bits per heavy atom. The predicted molar refractivity (Wildman–Crippen MR) is 78.9 cm³/mol. The minimum atomic E-state index is -3.27. The number of hydrogen-bond donors (Lipinski definition) is 2. The molecule has 5 nitrogen and oxygen atoms in total. The molecule has 110 valence electrons. The minimum Gasteiger partial charge on any atom is -0.349 e. The van der Waals surface area contributed by atoms with Gasteiger partial charge >= 0.3 is 0 Å². The summed E-state index contributed by atoms with van der Waals surface area (Å²) in [6.45, 7) is 3.77. The second kappa shape index (κ2) is 5.44. The summed E-state index contributed by atoms with van der Waals surface area (Å²) in [7, 11) is -3.27. The third-order valence-electron chi connectivity index (χ3n) is 3.35. The van der Waals surface area contributed by atoms with Crippen LogP contribution in [0.15, 0.2) is 18.2 Å². The molecular formula is C14H20N2O3S. The third kappa shape index (κ3) is 3.96. The monoisotopic (exact) mass is 296 g/mol. The van der Waals surface area contributed by atoms with E-state index < -0.39 is 10.0 Å². The molecule has 1 amide bonds. The van der Waals surface area contributed by atoms with Gasteiger partial charge in [-0.2, -0.15) is 0 Å². The summed E-state index contributed by atoms with van der Waals surface area (Å²) in [6, 6.07) is 5.38. The van der Waals surface area contributed by atoms with Crippen molar-refractivity contribution in [3.8, 4) is 0 Å². The lowest BCUT2D eigenvalue weighted by molar-refractivity contribution is -0.122. The molecule has 1 atom stereocenters. The molecule has 20 heavy (non-hydrogen) atoms. The quantitative estimate of drug-likeness (QED) is 0.872. The van der Waals surface area contributed by atoms with E-state index in [1.807, 2.05) is 26.0 Å². The smallest absolute Gasteiger partial charge is 0.229 e. The molecule has 0 aliphatic heterocycles. The number of nitrogens with one attached hydrogen (secondary N) is 2. The SMILES string of the molecule is Cc1cc([C@@H](C)NC(=O)C2CC2)ccc1NS(C)(=O)=O. The summed E-state index contributed by atoms with van der Waals surface area (Å²) in [5.74, 6) is 0.290. The molecule has 0 heterocycles. The number of sulfonamides is 1. The average molecular weight is 296 g/mol. The Labute approximate surface area is 119 Å². The zero-order chi connectivity index (χ0) is 14.9. The fraction of sp³-hybridized carbons (Fsp3) is 0.500. The number of rotatable bonds is 5. The zero-order valence-electron chi connectivity index (χ0n) is 11.9. The van der Waals surface area contributed by atoms with Crippen LogP contribution in [0.2, 0.25) is 0 Å². The van der Waals surface area contributed by atoms with Gasteiger partial charge in [0.05, 0.1) is 18.0 Å². The van der Waals surface area contributed by atoms with E-state index in [0.29, 0.717) is 5.69 Å². The van der Waals surface area contributed by atoms with Crippen LogP contribution in [0.3, 0.4) is 0 Å². The summed E-state index contributed by atoms with van der Waals surface area (Å²) in [4.78, 5) is 11.7. The molecule has 0 bridgehead atoms. The lowest BCUT2D eigenvalue weighted by Gasteiger charge is -2.16. The Kier molecular flexibility index (Phi) is 4.04. The maximum absolute atomic E-state index is 11.7. The van der Waals surface area contributed by atoms with Crippen molar-refractivity contribution in [1.82, 2.24) is 5.32 Å². The van der Waals surface area contributed by atoms with E-state index in [2.05, 4.69) is 10.0 Å². The molecule has 0 radical (unpaired) electrons. The highest BCUT2D eigenvalue weighted by atomic mass is 32.2. The number of amides is 1. The summed E-state index contributed by atoms with van der Waals surface area (Å²) in [5.41, 5.74) is 2.37. The zero-order valence-corrected chi connectivity index (χ0v) is 12.8. The Bertz CT molecular complexity index is 621. The molecule has 1 aliphatic rings. The van der Waals surface area contributed by atoms with Crippen molar-refractivity contribution in [3.63, 3.8) is 0 Å². The number of benzene rings is 1. The number of carbonyl (C=O) groups is 1. The topological polar surface area (TPSA) is 75.3 Å². The lowest BCUT2D eigenvalue weighted by atomic mass is 10.0. The number of hydrogen-bond acceptors (Lipinski definition) is 3. The molecule has 2 N–H and O–H groups in total. The Balaban J connectivity index is 2.09. The second-order valence-electron chi connectivity index (χ2n) is 5.45. The van der Waals surface area contributed by atoms with Crippen LogP contribution in [0.25, 0.3) is 0 Å². The highest BCUT2D eigenvalue weighted by Gasteiger charge is 2.30. The molecule has 1 saturated carbocycles. The molecule has 0 aromatic heterocycles. The van der Waals surface area contributed by atoms with Crippen LogP contribution in [-0.4, -0.2) is 20.6 Å². The van der Waals surface area contributed by atoms with Gasteiger partial charge in [0, 0.05) is 5.92 Å². The highest BCUT2D eigenvalue weighted by molar-refractivity contribution is 7.92. The molecule has 0 unspecified atom stereocenters. The fourth-order valence-electron chi connectivity index (χ4n) is 2.03. The second-order valence-corrected chi connectivity index (χ2v) is 7.20. The van der Waals surface area contributed by atoms with Crippen molar-refractivity contribution in [2.75, 3.05) is 11.0 Å². The first-order valence-electron chi connectivity index (χ1n) is 6.65. The van der Waals surface area contributed by atoms with Crippen LogP contribution in [0.1, 0.15) is 36.9 Å². The largest absolute Gasteiger partial charge is 0.349 e. The number of carbonyl (C=O) groups excluding carboxylic acids is 1. The molecular weight excluding hydrogens is 276 g/mol. The van der Waals surface area contributed by atoms with Crippen molar-refractivity contribution in [1.29, 1.82) is 0 Å². The lowest BCUT2D eigenvalue weighted by Crippen LogP contribution is -2.27. The fourth-order valence-corrected chi connectivity index (χ4v) is 2.66. The molecule has 1 fully saturated rings. The van der Waals surface area contributed by atoms with Gasteiger partial charge in [-0.15, -0.1) is 0 Å². The molecule has 2 rings (SSSR count). The summed E-state index contributed by atoms with van der Waals surface area (Å²) >= 11 is 0. The van der Waals surface area contributed by atoms with Crippen LogP contribution >= 0.6 is 0 Å². The Morgan fingerprint density at radius 1 is 1.35 bits per heavy atom. The maximum atomic E-state index is 11.7. The van der Waals surface area contributed by atoms with Gasteiger partial charge in [0.25, 0.3) is 0 Å². The average Bonchev–Trinajstić information content (AvgIpc) is 3.13. The first-order chi connectivity index (χ1) is 9.26. The molecule has 1 aromatic carbocycles. The van der Waals surface area contributed by atoms with Gasteiger partial charge in [-0.25, -0.2) is 8.42 Å². The normalized spacial score (nSPS) is 16.6. The van der Waals surface area contributed by atoms with Gasteiger partial charge in [-0.1, -0.05) is 12.1 Å². The van der Waals surface area contributed by atoms with E-state index in [4.69, 9.17) is 0 Å². The van der Waals surface area contributed by atoms with E-state index in [1.54, 1.807) is 6.07 Å². The Morgan fingerprint density at radius 3 is 2.50 bits per heavy atom. The summed E-state index contributed by atoms with van der Waals surface area (Å²) in [5, 5.41) is 2.98. The molecule has 1 aromatic rings. The summed E-state index contributed by atoms with van der Waals surface area (Å²) in [6.07, 6.45) is 3.09. The van der Waals surface area contributed by atoms with Crippen molar-refractivity contribution in [2.45, 2.75) is 32.7 Å². The highest BCUT2D eigenvalue weighted by Crippen LogP contribution is 2.30. The maximum Gasteiger partial charge on any atom is 0.229 e. The van der Waals surface area contributed by atoms with E-state index in [0.717, 1.165) is 30.2 Å². The minimum absolute atomic E-state index is 0.0749. The molecule has 1 aliphatic carbocycles. The van der Waals surface area contributed by atoms with Gasteiger partial charge in [0.2, 0.25) is 15.9 Å². The third-order valence-corrected chi connectivity index (χ3v) is 3.94. The molecule has 0 spiro atoms. The van der Waals surface area contributed by atoms with Crippen LogP contribution in [-0.2, 0) is 14.8 Å². The molecule has 0 saturated heterocycles. The number of aryl methyl sites for hydroxylation is 1. The van der Waals surface area contributed by atoms with E-state index in [9.17, 15) is 13.2 Å². The Hall–Kier alpha value is -1.56. The van der Waals surface area contributed by atoms with Crippen molar-refractivity contribution >= 4 is 21.6 Å². The van der Waals surface area contributed by atoms with Crippen molar-refractivity contribution < 1.29 is 13.2 Å². The van der Waals surface area contributed by atoms with Crippen molar-refractivity contribution in [2.24, 2.45) is 5.92 Å². The van der Waals surface area contributed by atoms with Crippen LogP contribution in [0, 0.1) is 12.8 Å². The first kappa shape index (κ1) is 14.8. The van der Waals surface area contributed by atoms with Gasteiger partial charge < -0.3 is 5.32 Å². The molecule has 6 heteroatoms. The van der Waals surface area contributed by atoms with E-state index in [-0.39, 0.29) is 17.9 Å². The summed E-state index contributed by atoms with van der Waals surface area (Å²) < 4.78 is 24.9. The van der Waals surface area contributed by atoms with Gasteiger partial charge in [-0.05, 0) is 43.9 Å².